The van der Waals surface area contributed by atoms with Gasteiger partial charge in [0.15, 0.2) is 0 Å². The Morgan fingerprint density at radius 2 is 1.55 bits per heavy atom. The molecule has 0 unspecified atom stereocenters. The number of fused-ring (bicyclic) bond motifs is 1. The summed E-state index contributed by atoms with van der Waals surface area (Å²) < 4.78 is 5.22. The van der Waals surface area contributed by atoms with Crippen LogP contribution in [0.5, 0.6) is 0 Å². The number of para-hydroxylation sites is 1. The van der Waals surface area contributed by atoms with E-state index in [9.17, 15) is 9.59 Å². The number of amides is 1. The summed E-state index contributed by atoms with van der Waals surface area (Å²) in [5.74, 6) is -0.0177. The highest BCUT2D eigenvalue weighted by Crippen LogP contribution is 2.18. The third kappa shape index (κ3) is 4.14. The number of benzene rings is 2. The van der Waals surface area contributed by atoms with E-state index >= 15 is 0 Å². The minimum Gasteiger partial charge on any atom is -0.422 e. The van der Waals surface area contributed by atoms with Crippen molar-refractivity contribution in [3.05, 3.63) is 88.0 Å². The van der Waals surface area contributed by atoms with Gasteiger partial charge in [0.05, 0.1) is 0 Å². The van der Waals surface area contributed by atoms with Crippen molar-refractivity contribution in [2.24, 2.45) is 0 Å². The summed E-state index contributed by atoms with van der Waals surface area (Å²) in [7, 11) is 0. The van der Waals surface area contributed by atoms with Crippen LogP contribution in [0, 0.1) is 13.8 Å². The number of carbonyl (C=O) groups excluding carboxylic acids is 1. The van der Waals surface area contributed by atoms with Crippen LogP contribution in [0.1, 0.15) is 21.7 Å². The number of rotatable bonds is 4. The van der Waals surface area contributed by atoms with Crippen LogP contribution >= 0.6 is 0 Å². The first-order chi connectivity index (χ1) is 14.0. The number of nitrogens with one attached hydrogen (secondary N) is 2. The van der Waals surface area contributed by atoms with Gasteiger partial charge in [-0.3, -0.25) is 4.79 Å². The number of anilines is 3. The molecule has 7 heteroatoms. The molecule has 0 fully saturated rings. The second kappa shape index (κ2) is 7.55. The van der Waals surface area contributed by atoms with Crippen LogP contribution in [-0.4, -0.2) is 15.9 Å². The van der Waals surface area contributed by atoms with Crippen molar-refractivity contribution in [1.29, 1.82) is 0 Å². The van der Waals surface area contributed by atoms with Crippen LogP contribution in [0.4, 0.5) is 17.3 Å². The maximum absolute atomic E-state index is 12.5. The van der Waals surface area contributed by atoms with E-state index in [-0.39, 0.29) is 5.56 Å². The highest BCUT2D eigenvalue weighted by atomic mass is 16.4. The van der Waals surface area contributed by atoms with Gasteiger partial charge in [-0.15, -0.1) is 0 Å². The molecule has 0 aliphatic heterocycles. The van der Waals surface area contributed by atoms with Crippen molar-refractivity contribution in [2.45, 2.75) is 13.8 Å². The Hall–Kier alpha value is -4.00. The van der Waals surface area contributed by atoms with E-state index in [1.807, 2.05) is 26.0 Å². The second-order valence-corrected chi connectivity index (χ2v) is 6.62. The molecule has 0 spiro atoms. The fraction of sp³-hybridized carbons (Fsp3) is 0.0909. The smallest absolute Gasteiger partial charge is 0.349 e. The third-order valence-corrected chi connectivity index (χ3v) is 4.27. The fourth-order valence-electron chi connectivity index (χ4n) is 2.97. The van der Waals surface area contributed by atoms with Crippen LogP contribution in [0.15, 0.2) is 69.9 Å². The summed E-state index contributed by atoms with van der Waals surface area (Å²) in [4.78, 5) is 33.3. The summed E-state index contributed by atoms with van der Waals surface area (Å²) in [5.41, 5.74) is 2.79. The first-order valence-electron chi connectivity index (χ1n) is 9.01. The van der Waals surface area contributed by atoms with E-state index in [0.717, 1.165) is 17.1 Å². The predicted molar refractivity (Wildman–Crippen MR) is 112 cm³/mol. The summed E-state index contributed by atoms with van der Waals surface area (Å²) in [6.07, 6.45) is 0. The first kappa shape index (κ1) is 18.4. The van der Waals surface area contributed by atoms with Crippen LogP contribution in [-0.2, 0) is 0 Å². The number of aryl methyl sites for hydroxylation is 2. The largest absolute Gasteiger partial charge is 0.422 e. The Kier molecular flexibility index (Phi) is 4.78. The molecule has 2 N–H and O–H groups in total. The van der Waals surface area contributed by atoms with Crippen molar-refractivity contribution in [3.8, 4) is 0 Å². The molecular formula is C22H18N4O3. The molecular weight excluding hydrogens is 368 g/mol. The first-order valence-corrected chi connectivity index (χ1v) is 9.01. The predicted octanol–water partition coefficient (Wildman–Crippen LogP) is 4.20. The molecule has 0 saturated carbocycles. The van der Waals surface area contributed by atoms with Gasteiger partial charge in [-0.05, 0) is 56.3 Å². The number of carbonyl (C=O) groups is 1. The van der Waals surface area contributed by atoms with Crippen molar-refractivity contribution < 1.29 is 9.21 Å². The number of aromatic nitrogens is 2. The van der Waals surface area contributed by atoms with Crippen LogP contribution in [0.25, 0.3) is 11.0 Å². The lowest BCUT2D eigenvalue weighted by molar-refractivity contribution is 0.102. The monoisotopic (exact) mass is 386 g/mol. The molecule has 0 atom stereocenters. The fourth-order valence-corrected chi connectivity index (χ4v) is 2.97. The van der Waals surface area contributed by atoms with Crippen LogP contribution in [0.2, 0.25) is 0 Å². The summed E-state index contributed by atoms with van der Waals surface area (Å²) in [6.45, 7) is 3.81. The molecule has 144 valence electrons. The molecule has 29 heavy (non-hydrogen) atoms. The van der Waals surface area contributed by atoms with Gasteiger partial charge in [-0.25, -0.2) is 14.8 Å². The Bertz CT molecular complexity index is 1240. The molecule has 2 heterocycles. The Morgan fingerprint density at radius 1 is 0.897 bits per heavy atom. The molecule has 0 radical (unpaired) electrons. The topological polar surface area (TPSA) is 97.1 Å². The van der Waals surface area contributed by atoms with E-state index in [4.69, 9.17) is 4.42 Å². The summed E-state index contributed by atoms with van der Waals surface area (Å²) in [6, 6.07) is 17.5. The van der Waals surface area contributed by atoms with Gasteiger partial charge in [-0.1, -0.05) is 18.2 Å². The Morgan fingerprint density at radius 3 is 2.28 bits per heavy atom. The summed E-state index contributed by atoms with van der Waals surface area (Å²) in [5, 5.41) is 6.53. The van der Waals surface area contributed by atoms with Crippen LogP contribution in [0.3, 0.4) is 0 Å². The Labute approximate surface area is 166 Å². The van der Waals surface area contributed by atoms with Crippen molar-refractivity contribution in [2.75, 3.05) is 10.6 Å². The van der Waals surface area contributed by atoms with Gasteiger partial charge >= 0.3 is 5.63 Å². The molecule has 1 amide bonds. The van der Waals surface area contributed by atoms with E-state index in [1.54, 1.807) is 42.5 Å². The second-order valence-electron chi connectivity index (χ2n) is 6.62. The van der Waals surface area contributed by atoms with Crippen molar-refractivity contribution in [3.63, 3.8) is 0 Å². The highest BCUT2D eigenvalue weighted by Gasteiger charge is 2.14. The molecule has 2 aromatic carbocycles. The minimum absolute atomic E-state index is 0.0467. The molecule has 4 rings (SSSR count). The van der Waals surface area contributed by atoms with E-state index in [0.29, 0.717) is 22.6 Å². The maximum atomic E-state index is 12.5. The highest BCUT2D eigenvalue weighted by molar-refractivity contribution is 6.05. The number of nitrogens with zero attached hydrogens (tertiary/aromatic N) is 2. The van der Waals surface area contributed by atoms with Gasteiger partial charge < -0.3 is 15.1 Å². The molecule has 4 aromatic rings. The lowest BCUT2D eigenvalue weighted by Crippen LogP contribution is -2.20. The van der Waals surface area contributed by atoms with Gasteiger partial charge in [0, 0.05) is 28.1 Å². The zero-order chi connectivity index (χ0) is 20.4. The SMILES string of the molecule is Cc1cc(C)nc(Nc2ccc(NC(=O)c3cc4ccccc4oc3=O)cc2)n1. The normalized spacial score (nSPS) is 10.7. The van der Waals surface area contributed by atoms with Gasteiger partial charge in [-0.2, -0.15) is 0 Å². The molecule has 7 nitrogen and oxygen atoms in total. The maximum Gasteiger partial charge on any atom is 0.349 e. The zero-order valence-corrected chi connectivity index (χ0v) is 15.9. The lowest BCUT2D eigenvalue weighted by Gasteiger charge is -2.09. The molecule has 0 bridgehead atoms. The summed E-state index contributed by atoms with van der Waals surface area (Å²) >= 11 is 0. The minimum atomic E-state index is -0.675. The molecule has 0 aliphatic rings. The zero-order valence-electron chi connectivity index (χ0n) is 15.9. The Balaban J connectivity index is 1.50. The third-order valence-electron chi connectivity index (χ3n) is 4.27. The van der Waals surface area contributed by atoms with Crippen molar-refractivity contribution >= 4 is 34.2 Å². The molecule has 2 aromatic heterocycles. The van der Waals surface area contributed by atoms with E-state index in [2.05, 4.69) is 20.6 Å². The average Bonchev–Trinajstić information content (AvgIpc) is 2.68. The standard InChI is InChI=1S/C22H18N4O3/c1-13-11-14(2)24-22(23-13)26-17-9-7-16(8-10-17)25-20(27)18-12-15-5-3-4-6-19(15)29-21(18)28/h3-12H,1-2H3,(H,25,27)(H,23,24,26). The van der Waals surface area contributed by atoms with E-state index < -0.39 is 11.5 Å². The van der Waals surface area contributed by atoms with Gasteiger partial charge in [0.1, 0.15) is 11.1 Å². The van der Waals surface area contributed by atoms with E-state index in [1.165, 1.54) is 6.07 Å². The number of hydrogen-bond acceptors (Lipinski definition) is 6. The lowest BCUT2D eigenvalue weighted by atomic mass is 10.1. The van der Waals surface area contributed by atoms with Gasteiger partial charge in [0.2, 0.25) is 5.95 Å². The number of hydrogen-bond donors (Lipinski definition) is 2. The van der Waals surface area contributed by atoms with Gasteiger partial charge in [0.25, 0.3) is 5.91 Å². The quantitative estimate of drug-likeness (QED) is 0.510. The van der Waals surface area contributed by atoms with Crippen LogP contribution < -0.4 is 16.3 Å². The molecule has 0 saturated heterocycles. The average molecular weight is 386 g/mol. The van der Waals surface area contributed by atoms with Crippen molar-refractivity contribution in [1.82, 2.24) is 9.97 Å². The molecule has 0 aliphatic carbocycles.